The van der Waals surface area contributed by atoms with Crippen LogP contribution in [0.2, 0.25) is 0 Å². The highest BCUT2D eigenvalue weighted by atomic mass is 16.5. The van der Waals surface area contributed by atoms with Crippen molar-refractivity contribution in [3.63, 3.8) is 0 Å². The van der Waals surface area contributed by atoms with Gasteiger partial charge in [-0.15, -0.1) is 0 Å². The van der Waals surface area contributed by atoms with E-state index in [4.69, 9.17) is 4.74 Å². The first kappa shape index (κ1) is 13.4. The molecule has 1 unspecified atom stereocenters. The Morgan fingerprint density at radius 2 is 1.95 bits per heavy atom. The van der Waals surface area contributed by atoms with Crippen LogP contribution in [0, 0.1) is 0 Å². The van der Waals surface area contributed by atoms with E-state index in [-0.39, 0.29) is 6.04 Å². The summed E-state index contributed by atoms with van der Waals surface area (Å²) in [6.45, 7) is 4.31. The average Bonchev–Trinajstić information content (AvgIpc) is 2.47. The van der Waals surface area contributed by atoms with E-state index in [2.05, 4.69) is 48.4 Å². The zero-order chi connectivity index (χ0) is 13.7. The highest BCUT2D eigenvalue weighted by Gasteiger charge is 2.06. The standard InChI is InChI=1S/C16H20N2O/c1-4-13-5-7-14(8-6-13)12(2)18-15-9-10-17-16(11-15)19-3/h5-12H,4H2,1-3H3,(H,17,18). The lowest BCUT2D eigenvalue weighted by molar-refractivity contribution is 0.398. The average molecular weight is 256 g/mol. The maximum atomic E-state index is 5.12. The second kappa shape index (κ2) is 6.23. The fraction of sp³-hybridized carbons (Fsp3) is 0.312. The number of rotatable bonds is 5. The van der Waals surface area contributed by atoms with E-state index < -0.39 is 0 Å². The fourth-order valence-corrected chi connectivity index (χ4v) is 1.99. The molecule has 100 valence electrons. The zero-order valence-corrected chi connectivity index (χ0v) is 11.7. The topological polar surface area (TPSA) is 34.2 Å². The predicted molar refractivity (Wildman–Crippen MR) is 78.6 cm³/mol. The number of ether oxygens (including phenoxy) is 1. The van der Waals surface area contributed by atoms with Gasteiger partial charge in [-0.2, -0.15) is 0 Å². The minimum atomic E-state index is 0.248. The van der Waals surface area contributed by atoms with Crippen molar-refractivity contribution in [2.45, 2.75) is 26.3 Å². The number of aryl methyl sites for hydroxylation is 1. The molecule has 0 radical (unpaired) electrons. The zero-order valence-electron chi connectivity index (χ0n) is 11.7. The van der Waals surface area contributed by atoms with Crippen LogP contribution >= 0.6 is 0 Å². The van der Waals surface area contributed by atoms with Crippen LogP contribution in [-0.2, 0) is 6.42 Å². The van der Waals surface area contributed by atoms with E-state index in [9.17, 15) is 0 Å². The number of nitrogens with one attached hydrogen (secondary N) is 1. The summed E-state index contributed by atoms with van der Waals surface area (Å²) in [4.78, 5) is 4.10. The van der Waals surface area contributed by atoms with Crippen molar-refractivity contribution in [1.29, 1.82) is 0 Å². The number of benzene rings is 1. The van der Waals surface area contributed by atoms with Gasteiger partial charge >= 0.3 is 0 Å². The molecule has 1 heterocycles. The Kier molecular flexibility index (Phi) is 4.39. The summed E-state index contributed by atoms with van der Waals surface area (Å²) in [5.74, 6) is 0.624. The second-order valence-corrected chi connectivity index (χ2v) is 4.55. The smallest absolute Gasteiger partial charge is 0.214 e. The molecule has 0 fully saturated rings. The second-order valence-electron chi connectivity index (χ2n) is 4.55. The summed E-state index contributed by atoms with van der Waals surface area (Å²) in [6, 6.07) is 12.8. The lowest BCUT2D eigenvalue weighted by atomic mass is 10.0. The SMILES string of the molecule is CCc1ccc(C(C)Nc2ccnc(OC)c2)cc1. The molecule has 2 rings (SSSR count). The number of aromatic nitrogens is 1. The molecule has 1 atom stereocenters. The highest BCUT2D eigenvalue weighted by Crippen LogP contribution is 2.21. The van der Waals surface area contributed by atoms with Gasteiger partial charge in [-0.3, -0.25) is 0 Å². The van der Waals surface area contributed by atoms with E-state index in [1.54, 1.807) is 13.3 Å². The van der Waals surface area contributed by atoms with Gasteiger partial charge in [-0.25, -0.2) is 4.98 Å². The molecule has 2 aromatic rings. The van der Waals surface area contributed by atoms with Crippen LogP contribution in [0.5, 0.6) is 5.88 Å². The summed E-state index contributed by atoms with van der Waals surface area (Å²) in [5, 5.41) is 3.45. The van der Waals surface area contributed by atoms with Gasteiger partial charge in [0.05, 0.1) is 7.11 Å². The van der Waals surface area contributed by atoms with E-state index in [1.807, 2.05) is 12.1 Å². The van der Waals surface area contributed by atoms with Crippen molar-refractivity contribution in [1.82, 2.24) is 4.98 Å². The highest BCUT2D eigenvalue weighted by molar-refractivity contribution is 5.47. The monoisotopic (exact) mass is 256 g/mol. The van der Waals surface area contributed by atoms with E-state index in [1.165, 1.54) is 11.1 Å². The van der Waals surface area contributed by atoms with E-state index >= 15 is 0 Å². The number of anilines is 1. The third-order valence-electron chi connectivity index (χ3n) is 3.22. The Morgan fingerprint density at radius 1 is 1.21 bits per heavy atom. The largest absolute Gasteiger partial charge is 0.481 e. The normalized spacial score (nSPS) is 11.9. The molecule has 1 aromatic carbocycles. The molecule has 1 aromatic heterocycles. The summed E-state index contributed by atoms with van der Waals surface area (Å²) in [5.41, 5.74) is 3.65. The van der Waals surface area contributed by atoms with Crippen LogP contribution in [0.15, 0.2) is 42.6 Å². The van der Waals surface area contributed by atoms with Gasteiger partial charge in [0.2, 0.25) is 5.88 Å². The molecule has 0 bridgehead atoms. The Morgan fingerprint density at radius 3 is 2.58 bits per heavy atom. The van der Waals surface area contributed by atoms with Crippen molar-refractivity contribution < 1.29 is 4.74 Å². The number of nitrogens with zero attached hydrogens (tertiary/aromatic N) is 1. The van der Waals surface area contributed by atoms with Crippen LogP contribution in [0.4, 0.5) is 5.69 Å². The maximum Gasteiger partial charge on any atom is 0.214 e. The third kappa shape index (κ3) is 3.47. The molecule has 0 amide bonds. The summed E-state index contributed by atoms with van der Waals surface area (Å²) >= 11 is 0. The minimum absolute atomic E-state index is 0.248. The first-order valence-electron chi connectivity index (χ1n) is 6.58. The van der Waals surface area contributed by atoms with Crippen molar-refractivity contribution >= 4 is 5.69 Å². The number of hydrogen-bond acceptors (Lipinski definition) is 3. The quantitative estimate of drug-likeness (QED) is 0.883. The molecule has 0 aliphatic carbocycles. The van der Waals surface area contributed by atoms with Crippen LogP contribution in [0.1, 0.15) is 31.0 Å². The molecule has 3 heteroatoms. The van der Waals surface area contributed by atoms with Gasteiger partial charge < -0.3 is 10.1 Å². The third-order valence-corrected chi connectivity index (χ3v) is 3.22. The molecule has 0 saturated heterocycles. The molecular formula is C16H20N2O. The molecule has 3 nitrogen and oxygen atoms in total. The fourth-order valence-electron chi connectivity index (χ4n) is 1.99. The molecule has 19 heavy (non-hydrogen) atoms. The Balaban J connectivity index is 2.08. The summed E-state index contributed by atoms with van der Waals surface area (Å²) < 4.78 is 5.12. The van der Waals surface area contributed by atoms with Crippen LogP contribution < -0.4 is 10.1 Å². The number of hydrogen-bond donors (Lipinski definition) is 1. The molecule has 0 aliphatic heterocycles. The number of methoxy groups -OCH3 is 1. The van der Waals surface area contributed by atoms with Gasteiger partial charge in [0.1, 0.15) is 0 Å². The Labute approximate surface area is 114 Å². The van der Waals surface area contributed by atoms with Crippen molar-refractivity contribution in [3.05, 3.63) is 53.7 Å². The van der Waals surface area contributed by atoms with Crippen molar-refractivity contribution in [2.75, 3.05) is 12.4 Å². The van der Waals surface area contributed by atoms with Crippen LogP contribution in [0.25, 0.3) is 0 Å². The first-order chi connectivity index (χ1) is 9.22. The minimum Gasteiger partial charge on any atom is -0.481 e. The van der Waals surface area contributed by atoms with Gasteiger partial charge in [0.25, 0.3) is 0 Å². The summed E-state index contributed by atoms with van der Waals surface area (Å²) in [7, 11) is 1.62. The van der Waals surface area contributed by atoms with Crippen molar-refractivity contribution in [3.8, 4) is 5.88 Å². The predicted octanol–water partition coefficient (Wildman–Crippen LogP) is 3.83. The van der Waals surface area contributed by atoms with Gasteiger partial charge in [0.15, 0.2) is 0 Å². The van der Waals surface area contributed by atoms with Gasteiger partial charge in [-0.1, -0.05) is 31.2 Å². The maximum absolute atomic E-state index is 5.12. The summed E-state index contributed by atoms with van der Waals surface area (Å²) in [6.07, 6.45) is 2.82. The number of pyridine rings is 1. The lowest BCUT2D eigenvalue weighted by Gasteiger charge is -2.16. The molecule has 0 aliphatic rings. The van der Waals surface area contributed by atoms with Gasteiger partial charge in [-0.05, 0) is 30.5 Å². The van der Waals surface area contributed by atoms with Crippen LogP contribution in [-0.4, -0.2) is 12.1 Å². The molecule has 0 saturated carbocycles. The van der Waals surface area contributed by atoms with Gasteiger partial charge in [0, 0.05) is 24.0 Å². The molecule has 0 spiro atoms. The lowest BCUT2D eigenvalue weighted by Crippen LogP contribution is -2.06. The molecular weight excluding hydrogens is 236 g/mol. The Hall–Kier alpha value is -2.03. The van der Waals surface area contributed by atoms with E-state index in [0.717, 1.165) is 12.1 Å². The van der Waals surface area contributed by atoms with Crippen LogP contribution in [0.3, 0.4) is 0 Å². The Bertz CT molecular complexity index is 523. The van der Waals surface area contributed by atoms with Crippen molar-refractivity contribution in [2.24, 2.45) is 0 Å². The molecule has 1 N–H and O–H groups in total. The van der Waals surface area contributed by atoms with E-state index in [0.29, 0.717) is 5.88 Å². The first-order valence-corrected chi connectivity index (χ1v) is 6.58.